The summed E-state index contributed by atoms with van der Waals surface area (Å²) in [5, 5.41) is 0. The maximum absolute atomic E-state index is 6.29. The minimum atomic E-state index is 0.214. The van der Waals surface area contributed by atoms with Crippen molar-refractivity contribution in [1.29, 1.82) is 0 Å². The number of aryl methyl sites for hydroxylation is 3. The predicted molar refractivity (Wildman–Crippen MR) is 145 cm³/mol. The van der Waals surface area contributed by atoms with E-state index in [1.54, 1.807) is 0 Å². The molecule has 3 unspecified atom stereocenters. The molecule has 3 aliphatic rings. The molecule has 0 aliphatic carbocycles. The summed E-state index contributed by atoms with van der Waals surface area (Å²) < 4.78 is 34.1. The lowest BCUT2D eigenvalue weighted by Crippen LogP contribution is -2.09. The third-order valence-electron chi connectivity index (χ3n) is 7.16. The Bertz CT molecular complexity index is 1290. The predicted octanol–water partition coefficient (Wildman–Crippen LogP) is 5.13. The van der Waals surface area contributed by atoms with Crippen LogP contribution in [-0.2, 0) is 27.1 Å². The molecule has 3 saturated heterocycles. The van der Waals surface area contributed by atoms with Gasteiger partial charge >= 0.3 is 0 Å². The van der Waals surface area contributed by atoms with Crippen LogP contribution in [0.4, 0.5) is 0 Å². The normalized spacial score (nSPS) is 21.2. The Kier molecular flexibility index (Phi) is 7.28. The van der Waals surface area contributed by atoms with Crippen LogP contribution in [0.1, 0.15) is 38.9 Å². The van der Waals surface area contributed by atoms with Gasteiger partial charge in [-0.3, -0.25) is 0 Å². The fourth-order valence-corrected chi connectivity index (χ4v) is 4.82. The number of benzene rings is 3. The van der Waals surface area contributed by atoms with E-state index in [1.807, 2.05) is 0 Å². The first-order valence-corrected chi connectivity index (χ1v) is 13.5. The van der Waals surface area contributed by atoms with E-state index < -0.39 is 0 Å². The maximum Gasteiger partial charge on any atom is 0.125 e. The summed E-state index contributed by atoms with van der Waals surface area (Å²) in [5.41, 5.74) is 8.40. The monoisotopic (exact) mass is 516 g/mol. The Hall–Kier alpha value is -3.06. The molecule has 3 atom stereocenters. The molecule has 0 bridgehead atoms. The smallest absolute Gasteiger partial charge is 0.125 e. The van der Waals surface area contributed by atoms with Crippen molar-refractivity contribution in [2.75, 3.05) is 39.6 Å². The molecule has 6 rings (SSSR count). The second kappa shape index (κ2) is 11.0. The van der Waals surface area contributed by atoms with Crippen LogP contribution in [0.15, 0.2) is 48.5 Å². The Morgan fingerprint density at radius 2 is 1.05 bits per heavy atom. The molecule has 0 N–H and O–H groups in total. The second-order valence-corrected chi connectivity index (χ2v) is 10.8. The largest absolute Gasteiger partial charge is 0.491 e. The molecule has 0 saturated carbocycles. The van der Waals surface area contributed by atoms with Gasteiger partial charge in [-0.1, -0.05) is 36.4 Å². The van der Waals surface area contributed by atoms with Crippen LogP contribution in [0.5, 0.6) is 17.2 Å². The first-order valence-electron chi connectivity index (χ1n) is 13.5. The highest BCUT2D eigenvalue weighted by atomic mass is 16.6. The molecule has 6 heteroatoms. The van der Waals surface area contributed by atoms with Crippen molar-refractivity contribution in [3.8, 4) is 17.2 Å². The summed E-state index contributed by atoms with van der Waals surface area (Å²) in [6.07, 6.45) is 2.36. The van der Waals surface area contributed by atoms with Gasteiger partial charge in [-0.05, 0) is 78.3 Å². The van der Waals surface area contributed by atoms with E-state index >= 15 is 0 Å². The molecule has 0 radical (unpaired) electrons. The summed E-state index contributed by atoms with van der Waals surface area (Å²) in [6.45, 7) is 10.6. The molecular formula is C32H36O6. The van der Waals surface area contributed by atoms with Crippen LogP contribution in [0, 0.1) is 20.8 Å². The number of rotatable bonds is 13. The van der Waals surface area contributed by atoms with E-state index in [0.29, 0.717) is 19.8 Å². The first kappa shape index (κ1) is 25.2. The van der Waals surface area contributed by atoms with Crippen molar-refractivity contribution in [3.05, 3.63) is 87.5 Å². The zero-order valence-corrected chi connectivity index (χ0v) is 22.5. The number of hydrogen-bond acceptors (Lipinski definition) is 6. The lowest BCUT2D eigenvalue weighted by molar-refractivity contribution is 0.260. The summed E-state index contributed by atoms with van der Waals surface area (Å²) in [7, 11) is 0. The SMILES string of the molecule is Cc1cc(Cc2cc(C)c(OCC3CO3)c(Cc3ccc(OCC4CO4)c(C)c3)c2)ccc1OCC1CO1. The van der Waals surface area contributed by atoms with E-state index in [4.69, 9.17) is 28.4 Å². The summed E-state index contributed by atoms with van der Waals surface area (Å²) in [4.78, 5) is 0. The number of hydrogen-bond donors (Lipinski definition) is 0. The molecule has 3 aromatic rings. The third-order valence-corrected chi connectivity index (χ3v) is 7.16. The molecule has 0 aromatic heterocycles. The minimum absolute atomic E-state index is 0.214. The first-order chi connectivity index (χ1) is 18.5. The molecule has 3 heterocycles. The number of ether oxygens (including phenoxy) is 6. The molecule has 200 valence electrons. The van der Waals surface area contributed by atoms with Crippen LogP contribution in [0.3, 0.4) is 0 Å². The zero-order chi connectivity index (χ0) is 26.1. The summed E-state index contributed by atoms with van der Waals surface area (Å²) >= 11 is 0. The Labute approximate surface area is 224 Å². The molecule has 3 fully saturated rings. The standard InChI is InChI=1S/C32H36O6/c1-20-8-23(4-6-30(20)36-17-27-14-33-27)11-25-10-22(3)32(38-19-29-16-35-29)26(13-25)12-24-5-7-31(21(2)9-24)37-18-28-15-34-28/h4-10,13,27-29H,11-12,14-19H2,1-3H3. The van der Waals surface area contributed by atoms with Gasteiger partial charge in [0.05, 0.1) is 19.8 Å². The molecule has 6 nitrogen and oxygen atoms in total. The van der Waals surface area contributed by atoms with Crippen LogP contribution >= 0.6 is 0 Å². The van der Waals surface area contributed by atoms with E-state index in [2.05, 4.69) is 69.3 Å². The van der Waals surface area contributed by atoms with Crippen LogP contribution in [0.25, 0.3) is 0 Å². The summed E-state index contributed by atoms with van der Waals surface area (Å²) in [5.74, 6) is 2.82. The lowest BCUT2D eigenvalue weighted by atomic mass is 9.94. The highest BCUT2D eigenvalue weighted by Crippen LogP contribution is 2.32. The van der Waals surface area contributed by atoms with Gasteiger partial charge in [0.1, 0.15) is 55.4 Å². The highest BCUT2D eigenvalue weighted by Gasteiger charge is 2.25. The van der Waals surface area contributed by atoms with Gasteiger partial charge in [-0.15, -0.1) is 0 Å². The molecule has 3 aliphatic heterocycles. The van der Waals surface area contributed by atoms with E-state index in [1.165, 1.54) is 22.3 Å². The summed E-state index contributed by atoms with van der Waals surface area (Å²) in [6, 6.07) is 17.5. The van der Waals surface area contributed by atoms with Crippen molar-refractivity contribution >= 4 is 0 Å². The zero-order valence-electron chi connectivity index (χ0n) is 22.5. The molecule has 3 aromatic carbocycles. The Morgan fingerprint density at radius 3 is 1.55 bits per heavy atom. The van der Waals surface area contributed by atoms with Crippen molar-refractivity contribution < 1.29 is 28.4 Å². The van der Waals surface area contributed by atoms with Crippen molar-refractivity contribution in [3.63, 3.8) is 0 Å². The molecule has 0 spiro atoms. The lowest BCUT2D eigenvalue weighted by Gasteiger charge is -2.17. The fourth-order valence-electron chi connectivity index (χ4n) is 4.82. The highest BCUT2D eigenvalue weighted by molar-refractivity contribution is 5.49. The van der Waals surface area contributed by atoms with Gasteiger partial charge in [0.15, 0.2) is 0 Å². The average Bonchev–Trinajstić information content (AvgIpc) is 3.73. The van der Waals surface area contributed by atoms with Gasteiger partial charge in [0.25, 0.3) is 0 Å². The Morgan fingerprint density at radius 1 is 0.579 bits per heavy atom. The second-order valence-electron chi connectivity index (χ2n) is 10.8. The molecule has 38 heavy (non-hydrogen) atoms. The minimum Gasteiger partial charge on any atom is -0.491 e. The van der Waals surface area contributed by atoms with Crippen molar-refractivity contribution in [2.24, 2.45) is 0 Å². The third kappa shape index (κ3) is 6.68. The fraction of sp³-hybridized carbons (Fsp3) is 0.438. The van der Waals surface area contributed by atoms with E-state index in [9.17, 15) is 0 Å². The number of epoxide rings is 3. The molecular weight excluding hydrogens is 480 g/mol. The quantitative estimate of drug-likeness (QED) is 0.294. The molecule has 0 amide bonds. The van der Waals surface area contributed by atoms with E-state index in [-0.39, 0.29) is 18.3 Å². The van der Waals surface area contributed by atoms with Crippen molar-refractivity contribution in [1.82, 2.24) is 0 Å². The maximum atomic E-state index is 6.29. The van der Waals surface area contributed by atoms with Crippen LogP contribution in [0.2, 0.25) is 0 Å². The van der Waals surface area contributed by atoms with Crippen LogP contribution in [-0.4, -0.2) is 58.0 Å². The van der Waals surface area contributed by atoms with E-state index in [0.717, 1.165) is 66.6 Å². The van der Waals surface area contributed by atoms with Crippen molar-refractivity contribution in [2.45, 2.75) is 51.9 Å². The van der Waals surface area contributed by atoms with Gasteiger partial charge in [-0.25, -0.2) is 0 Å². The Balaban J connectivity index is 1.20. The van der Waals surface area contributed by atoms with Crippen LogP contribution < -0.4 is 14.2 Å². The average molecular weight is 517 g/mol. The van der Waals surface area contributed by atoms with Gasteiger partial charge in [-0.2, -0.15) is 0 Å². The van der Waals surface area contributed by atoms with Gasteiger partial charge in [0, 0.05) is 6.42 Å². The topological polar surface area (TPSA) is 65.3 Å². The van der Waals surface area contributed by atoms with Gasteiger partial charge < -0.3 is 28.4 Å². The van der Waals surface area contributed by atoms with Gasteiger partial charge in [0.2, 0.25) is 0 Å².